The second kappa shape index (κ2) is 4.64. The molecule has 0 amide bonds. The van der Waals surface area contributed by atoms with Crippen LogP contribution in [0.4, 0.5) is 0 Å². The van der Waals surface area contributed by atoms with Crippen LogP contribution in [0.3, 0.4) is 0 Å². The van der Waals surface area contributed by atoms with Gasteiger partial charge in [-0.15, -0.1) is 0 Å². The maximum atomic E-state index is 5.10. The molecule has 0 unspecified atom stereocenters. The fourth-order valence-electron chi connectivity index (χ4n) is 3.62. The lowest BCUT2D eigenvalue weighted by atomic mass is 9.79. The van der Waals surface area contributed by atoms with Gasteiger partial charge in [0.05, 0.1) is 11.1 Å². The minimum atomic E-state index is -0.122. The Kier molecular flexibility index (Phi) is 2.83. The average molecular weight is 288 g/mol. The molecule has 2 nitrogen and oxygen atoms in total. The number of hydrogen-bond donors (Lipinski definition) is 0. The maximum Gasteiger partial charge on any atom is 0.0890 e. The van der Waals surface area contributed by atoms with Crippen LogP contribution in [0.5, 0.6) is 0 Å². The van der Waals surface area contributed by atoms with E-state index in [2.05, 4.69) is 74.5 Å². The molecule has 0 aliphatic carbocycles. The summed E-state index contributed by atoms with van der Waals surface area (Å²) in [7, 11) is 0. The lowest BCUT2D eigenvalue weighted by Crippen LogP contribution is -2.39. The summed E-state index contributed by atoms with van der Waals surface area (Å²) in [5.41, 5.74) is 4.61. The molecule has 0 bridgehead atoms. The third-order valence-corrected chi connectivity index (χ3v) is 5.16. The highest BCUT2D eigenvalue weighted by Gasteiger charge is 2.54. The standard InChI is InChI=1S/C20H20N2/c1-19-13-17(15-9-5-3-6-10-15)22-20(19,2)14-18(21-19)16-11-7-4-8-12-16/h3-12H,13-14H2,1-2H3/t19-,20-/m0/s1. The van der Waals surface area contributed by atoms with Crippen molar-refractivity contribution in [2.75, 3.05) is 0 Å². The van der Waals surface area contributed by atoms with Crippen molar-refractivity contribution in [3.63, 3.8) is 0 Å². The molecular weight excluding hydrogens is 268 g/mol. The van der Waals surface area contributed by atoms with Crippen molar-refractivity contribution >= 4 is 11.4 Å². The van der Waals surface area contributed by atoms with Gasteiger partial charge in [-0.25, -0.2) is 0 Å². The summed E-state index contributed by atoms with van der Waals surface area (Å²) in [5.74, 6) is 0. The van der Waals surface area contributed by atoms with Gasteiger partial charge in [-0.05, 0) is 25.0 Å². The summed E-state index contributed by atoms with van der Waals surface area (Å²) in [5, 5.41) is 0. The quantitative estimate of drug-likeness (QED) is 0.787. The molecule has 0 radical (unpaired) electrons. The van der Waals surface area contributed by atoms with Gasteiger partial charge >= 0.3 is 0 Å². The molecule has 4 rings (SSSR count). The van der Waals surface area contributed by atoms with Crippen molar-refractivity contribution in [2.45, 2.75) is 37.8 Å². The summed E-state index contributed by atoms with van der Waals surface area (Å²) < 4.78 is 0. The van der Waals surface area contributed by atoms with Gasteiger partial charge in [0.25, 0.3) is 0 Å². The van der Waals surface area contributed by atoms with E-state index in [0.717, 1.165) is 12.8 Å². The first-order chi connectivity index (χ1) is 10.6. The summed E-state index contributed by atoms with van der Waals surface area (Å²) in [6, 6.07) is 21.0. The van der Waals surface area contributed by atoms with Crippen LogP contribution in [-0.2, 0) is 0 Å². The van der Waals surface area contributed by atoms with Gasteiger partial charge < -0.3 is 0 Å². The first kappa shape index (κ1) is 13.4. The summed E-state index contributed by atoms with van der Waals surface area (Å²) >= 11 is 0. The fraction of sp³-hybridized carbons (Fsp3) is 0.300. The fourth-order valence-corrected chi connectivity index (χ4v) is 3.62. The minimum Gasteiger partial charge on any atom is -0.280 e. The lowest BCUT2D eigenvalue weighted by Gasteiger charge is -2.29. The monoisotopic (exact) mass is 288 g/mol. The largest absolute Gasteiger partial charge is 0.280 e. The van der Waals surface area contributed by atoms with E-state index in [1.165, 1.54) is 22.6 Å². The van der Waals surface area contributed by atoms with Crippen molar-refractivity contribution in [2.24, 2.45) is 9.98 Å². The number of fused-ring (bicyclic) bond motifs is 1. The zero-order valence-electron chi connectivity index (χ0n) is 13.1. The molecule has 0 aromatic heterocycles. The lowest BCUT2D eigenvalue weighted by molar-refractivity contribution is 0.331. The predicted molar refractivity (Wildman–Crippen MR) is 92.0 cm³/mol. The number of nitrogens with zero attached hydrogens (tertiary/aromatic N) is 2. The van der Waals surface area contributed by atoms with Gasteiger partial charge in [0.1, 0.15) is 0 Å². The van der Waals surface area contributed by atoms with Crippen LogP contribution < -0.4 is 0 Å². The molecule has 0 N–H and O–H groups in total. The van der Waals surface area contributed by atoms with E-state index < -0.39 is 0 Å². The number of aliphatic imine (C=N–C) groups is 2. The molecule has 0 saturated carbocycles. The van der Waals surface area contributed by atoms with E-state index in [1.54, 1.807) is 0 Å². The average Bonchev–Trinajstić information content (AvgIpc) is 2.94. The first-order valence-corrected chi connectivity index (χ1v) is 7.88. The summed E-state index contributed by atoms with van der Waals surface area (Å²) in [6.07, 6.45) is 1.84. The van der Waals surface area contributed by atoms with Crippen LogP contribution in [-0.4, -0.2) is 22.5 Å². The van der Waals surface area contributed by atoms with Gasteiger partial charge in [-0.2, -0.15) is 0 Å². The Morgan fingerprint density at radius 2 is 1.00 bits per heavy atom. The van der Waals surface area contributed by atoms with E-state index in [1.807, 2.05) is 0 Å². The second-order valence-corrected chi connectivity index (χ2v) is 6.75. The minimum absolute atomic E-state index is 0.122. The third-order valence-electron chi connectivity index (χ3n) is 5.16. The van der Waals surface area contributed by atoms with Crippen LogP contribution in [0.1, 0.15) is 37.8 Å². The Bertz CT molecular complexity index is 693. The second-order valence-electron chi connectivity index (χ2n) is 6.75. The number of benzene rings is 2. The topological polar surface area (TPSA) is 24.7 Å². The van der Waals surface area contributed by atoms with Gasteiger partial charge in [0.15, 0.2) is 0 Å². The third kappa shape index (κ3) is 1.94. The van der Waals surface area contributed by atoms with Crippen LogP contribution >= 0.6 is 0 Å². The van der Waals surface area contributed by atoms with Crippen molar-refractivity contribution in [1.82, 2.24) is 0 Å². The van der Waals surface area contributed by atoms with Crippen molar-refractivity contribution in [3.05, 3.63) is 71.8 Å². The molecule has 0 spiro atoms. The van der Waals surface area contributed by atoms with E-state index in [4.69, 9.17) is 9.98 Å². The number of hydrogen-bond acceptors (Lipinski definition) is 2. The molecule has 2 aromatic carbocycles. The Hall–Kier alpha value is -2.22. The van der Waals surface area contributed by atoms with Crippen molar-refractivity contribution in [1.29, 1.82) is 0 Å². The van der Waals surface area contributed by atoms with E-state index in [-0.39, 0.29) is 11.1 Å². The molecule has 22 heavy (non-hydrogen) atoms. The predicted octanol–water partition coefficient (Wildman–Crippen LogP) is 4.29. The van der Waals surface area contributed by atoms with E-state index in [0.29, 0.717) is 0 Å². The summed E-state index contributed by atoms with van der Waals surface area (Å²) in [6.45, 7) is 4.50. The van der Waals surface area contributed by atoms with Crippen LogP contribution in [0.15, 0.2) is 70.6 Å². The van der Waals surface area contributed by atoms with Crippen molar-refractivity contribution in [3.8, 4) is 0 Å². The van der Waals surface area contributed by atoms with Crippen LogP contribution in [0, 0.1) is 0 Å². The van der Waals surface area contributed by atoms with E-state index in [9.17, 15) is 0 Å². The van der Waals surface area contributed by atoms with Crippen molar-refractivity contribution < 1.29 is 0 Å². The highest BCUT2D eigenvalue weighted by molar-refractivity contribution is 6.08. The van der Waals surface area contributed by atoms with Gasteiger partial charge in [-0.3, -0.25) is 9.98 Å². The highest BCUT2D eigenvalue weighted by Crippen LogP contribution is 2.47. The molecule has 2 heteroatoms. The molecule has 0 saturated heterocycles. The zero-order valence-corrected chi connectivity index (χ0v) is 13.1. The van der Waals surface area contributed by atoms with Gasteiger partial charge in [0.2, 0.25) is 0 Å². The Labute approximate surface area is 131 Å². The number of rotatable bonds is 2. The smallest absolute Gasteiger partial charge is 0.0890 e. The Morgan fingerprint density at radius 3 is 1.36 bits per heavy atom. The van der Waals surface area contributed by atoms with Crippen LogP contribution in [0.2, 0.25) is 0 Å². The molecule has 2 aliphatic rings. The first-order valence-electron chi connectivity index (χ1n) is 7.88. The maximum absolute atomic E-state index is 5.10. The normalized spacial score (nSPS) is 29.9. The molecule has 2 atom stereocenters. The van der Waals surface area contributed by atoms with Gasteiger partial charge in [0, 0.05) is 24.3 Å². The SMILES string of the molecule is C[C@]12CC(c3ccccc3)=N[C@@]1(C)CC(c1ccccc1)=N2. The Balaban J connectivity index is 1.69. The summed E-state index contributed by atoms with van der Waals surface area (Å²) in [4.78, 5) is 10.2. The van der Waals surface area contributed by atoms with Gasteiger partial charge in [-0.1, -0.05) is 60.7 Å². The Morgan fingerprint density at radius 1 is 0.636 bits per heavy atom. The molecule has 0 fully saturated rings. The molecule has 2 aromatic rings. The molecule has 2 heterocycles. The molecule has 2 aliphatic heterocycles. The molecule has 110 valence electrons. The highest BCUT2D eigenvalue weighted by atomic mass is 15.1. The zero-order chi connectivity index (χ0) is 15.2. The molecular formula is C20H20N2. The van der Waals surface area contributed by atoms with E-state index >= 15 is 0 Å². The van der Waals surface area contributed by atoms with Crippen LogP contribution in [0.25, 0.3) is 0 Å².